The third-order valence-corrected chi connectivity index (χ3v) is 6.91. The molecule has 0 radical (unpaired) electrons. The molecular weight excluding hydrogens is 364 g/mol. The number of primary amides is 1. The van der Waals surface area contributed by atoms with Crippen molar-refractivity contribution in [2.75, 3.05) is 20.2 Å². The molecular formula is C20H24N2O4S. The molecule has 0 bridgehead atoms. The zero-order chi connectivity index (χ0) is 19.4. The number of nitrogens with two attached hydrogens (primary N) is 1. The minimum absolute atomic E-state index is 0.266. The van der Waals surface area contributed by atoms with Gasteiger partial charge in [0.25, 0.3) is 0 Å². The standard InChI is InChI=1S/C20H24N2O4S/c1-26-18-3-2-4-19(14-18)27(24,25)22-11-9-16(10-12-22)13-15-5-7-17(8-6-15)20(21)23/h2-8,14,16H,9-13H2,1H3,(H2,21,23). The molecule has 3 rings (SSSR count). The van der Waals surface area contributed by atoms with Crippen LogP contribution in [0.15, 0.2) is 53.4 Å². The molecule has 1 fully saturated rings. The number of carbonyl (C=O) groups is 1. The number of nitrogens with zero attached hydrogens (tertiary/aromatic N) is 1. The molecule has 0 unspecified atom stereocenters. The van der Waals surface area contributed by atoms with E-state index in [1.165, 1.54) is 7.11 Å². The maximum absolute atomic E-state index is 12.8. The number of carbonyl (C=O) groups excluding carboxylic acids is 1. The lowest BCUT2D eigenvalue weighted by molar-refractivity contribution is 0.100. The van der Waals surface area contributed by atoms with E-state index in [1.807, 2.05) is 12.1 Å². The first-order valence-electron chi connectivity index (χ1n) is 8.93. The Bertz CT molecular complexity index is 902. The van der Waals surface area contributed by atoms with Crippen molar-refractivity contribution in [1.29, 1.82) is 0 Å². The molecule has 1 amide bonds. The number of rotatable bonds is 6. The molecule has 0 atom stereocenters. The number of ether oxygens (including phenoxy) is 1. The van der Waals surface area contributed by atoms with Gasteiger partial charge in [0.1, 0.15) is 5.75 Å². The second-order valence-electron chi connectivity index (χ2n) is 6.79. The highest BCUT2D eigenvalue weighted by Gasteiger charge is 2.29. The molecule has 2 N–H and O–H groups in total. The monoisotopic (exact) mass is 388 g/mol. The van der Waals surface area contributed by atoms with E-state index >= 15 is 0 Å². The molecule has 0 aromatic heterocycles. The van der Waals surface area contributed by atoms with Crippen LogP contribution in [0.5, 0.6) is 5.75 Å². The van der Waals surface area contributed by atoms with Crippen LogP contribution in [0.3, 0.4) is 0 Å². The zero-order valence-electron chi connectivity index (χ0n) is 15.3. The summed E-state index contributed by atoms with van der Waals surface area (Å²) in [5.74, 6) is 0.518. The van der Waals surface area contributed by atoms with E-state index in [0.717, 1.165) is 24.8 Å². The van der Waals surface area contributed by atoms with Gasteiger partial charge in [-0.1, -0.05) is 18.2 Å². The van der Waals surface area contributed by atoms with Crippen LogP contribution in [0.25, 0.3) is 0 Å². The summed E-state index contributed by atoms with van der Waals surface area (Å²) in [7, 11) is -1.98. The predicted molar refractivity (Wildman–Crippen MR) is 103 cm³/mol. The van der Waals surface area contributed by atoms with Gasteiger partial charge in [0.15, 0.2) is 0 Å². The minimum atomic E-state index is -3.50. The third-order valence-electron chi connectivity index (χ3n) is 5.02. The van der Waals surface area contributed by atoms with Gasteiger partial charge in [-0.15, -0.1) is 0 Å². The van der Waals surface area contributed by atoms with Crippen LogP contribution in [0, 0.1) is 5.92 Å². The van der Waals surface area contributed by atoms with Gasteiger partial charge in [-0.25, -0.2) is 8.42 Å². The molecule has 1 heterocycles. The van der Waals surface area contributed by atoms with Crippen molar-refractivity contribution >= 4 is 15.9 Å². The molecule has 1 aliphatic heterocycles. The van der Waals surface area contributed by atoms with Gasteiger partial charge in [-0.05, 0) is 55.0 Å². The van der Waals surface area contributed by atoms with Crippen molar-refractivity contribution in [3.05, 3.63) is 59.7 Å². The van der Waals surface area contributed by atoms with E-state index in [0.29, 0.717) is 30.3 Å². The minimum Gasteiger partial charge on any atom is -0.497 e. The molecule has 2 aromatic rings. The van der Waals surface area contributed by atoms with Crippen LogP contribution in [0.2, 0.25) is 0 Å². The molecule has 0 aliphatic carbocycles. The summed E-state index contributed by atoms with van der Waals surface area (Å²) in [4.78, 5) is 11.4. The van der Waals surface area contributed by atoms with E-state index in [-0.39, 0.29) is 4.90 Å². The Kier molecular flexibility index (Phi) is 5.82. The van der Waals surface area contributed by atoms with Gasteiger partial charge in [0.05, 0.1) is 12.0 Å². The second kappa shape index (κ2) is 8.10. The van der Waals surface area contributed by atoms with E-state index in [9.17, 15) is 13.2 Å². The fourth-order valence-corrected chi connectivity index (χ4v) is 4.91. The van der Waals surface area contributed by atoms with Gasteiger partial charge in [0.2, 0.25) is 15.9 Å². The van der Waals surface area contributed by atoms with E-state index in [1.54, 1.807) is 40.7 Å². The molecule has 27 heavy (non-hydrogen) atoms. The number of sulfonamides is 1. The van der Waals surface area contributed by atoms with Crippen molar-refractivity contribution in [1.82, 2.24) is 4.31 Å². The summed E-state index contributed by atoms with van der Waals surface area (Å²) >= 11 is 0. The van der Waals surface area contributed by atoms with Crippen LogP contribution in [0.1, 0.15) is 28.8 Å². The molecule has 1 aliphatic rings. The highest BCUT2D eigenvalue weighted by molar-refractivity contribution is 7.89. The highest BCUT2D eigenvalue weighted by Crippen LogP contribution is 2.27. The lowest BCUT2D eigenvalue weighted by atomic mass is 9.91. The fraction of sp³-hybridized carbons (Fsp3) is 0.350. The Morgan fingerprint density at radius 1 is 1.15 bits per heavy atom. The van der Waals surface area contributed by atoms with Crippen molar-refractivity contribution in [3.8, 4) is 5.75 Å². The SMILES string of the molecule is COc1cccc(S(=O)(=O)N2CCC(Cc3ccc(C(N)=O)cc3)CC2)c1. The topological polar surface area (TPSA) is 89.7 Å². The zero-order valence-corrected chi connectivity index (χ0v) is 16.1. The molecule has 6 nitrogen and oxygen atoms in total. The lowest BCUT2D eigenvalue weighted by Gasteiger charge is -2.31. The number of methoxy groups -OCH3 is 1. The number of piperidine rings is 1. The smallest absolute Gasteiger partial charge is 0.248 e. The van der Waals surface area contributed by atoms with Crippen LogP contribution in [-0.4, -0.2) is 38.8 Å². The largest absolute Gasteiger partial charge is 0.497 e. The van der Waals surface area contributed by atoms with Gasteiger partial charge in [0, 0.05) is 24.7 Å². The van der Waals surface area contributed by atoms with Gasteiger partial charge in [-0.3, -0.25) is 4.79 Å². The van der Waals surface area contributed by atoms with E-state index < -0.39 is 15.9 Å². The van der Waals surface area contributed by atoms with Gasteiger partial charge >= 0.3 is 0 Å². The summed E-state index contributed by atoms with van der Waals surface area (Å²) in [5.41, 5.74) is 6.89. The molecule has 2 aromatic carbocycles. The van der Waals surface area contributed by atoms with Gasteiger partial charge < -0.3 is 10.5 Å². The second-order valence-corrected chi connectivity index (χ2v) is 8.73. The summed E-state index contributed by atoms with van der Waals surface area (Å²) in [6.45, 7) is 1.01. The average Bonchev–Trinajstić information content (AvgIpc) is 2.69. The Balaban J connectivity index is 1.61. The molecule has 7 heteroatoms. The number of hydrogen-bond acceptors (Lipinski definition) is 4. The Morgan fingerprint density at radius 2 is 1.81 bits per heavy atom. The number of hydrogen-bond donors (Lipinski definition) is 1. The average molecular weight is 388 g/mol. The van der Waals surface area contributed by atoms with Crippen LogP contribution in [-0.2, 0) is 16.4 Å². The van der Waals surface area contributed by atoms with Gasteiger partial charge in [-0.2, -0.15) is 4.31 Å². The Hall–Kier alpha value is -2.38. The van der Waals surface area contributed by atoms with Crippen LogP contribution in [0.4, 0.5) is 0 Å². The quantitative estimate of drug-likeness (QED) is 0.823. The first-order valence-corrected chi connectivity index (χ1v) is 10.4. The molecule has 0 spiro atoms. The normalized spacial score (nSPS) is 16.2. The van der Waals surface area contributed by atoms with Crippen LogP contribution < -0.4 is 10.5 Å². The predicted octanol–water partition coefficient (Wildman–Crippen LogP) is 2.44. The first-order chi connectivity index (χ1) is 12.9. The van der Waals surface area contributed by atoms with E-state index in [2.05, 4.69) is 0 Å². The summed E-state index contributed by atoms with van der Waals surface area (Å²) < 4.78 is 32.4. The van der Waals surface area contributed by atoms with Crippen molar-refractivity contribution in [3.63, 3.8) is 0 Å². The summed E-state index contributed by atoms with van der Waals surface area (Å²) in [6.07, 6.45) is 2.48. The number of amides is 1. The molecule has 144 valence electrons. The summed E-state index contributed by atoms with van der Waals surface area (Å²) in [6, 6.07) is 13.9. The molecule has 0 saturated carbocycles. The Labute approximate surface area is 160 Å². The number of benzene rings is 2. The lowest BCUT2D eigenvalue weighted by Crippen LogP contribution is -2.38. The van der Waals surface area contributed by atoms with Crippen molar-refractivity contribution in [2.24, 2.45) is 11.7 Å². The first kappa shape index (κ1) is 19.4. The van der Waals surface area contributed by atoms with Crippen LogP contribution >= 0.6 is 0 Å². The maximum Gasteiger partial charge on any atom is 0.248 e. The Morgan fingerprint density at radius 3 is 2.41 bits per heavy atom. The van der Waals surface area contributed by atoms with Crippen molar-refractivity contribution in [2.45, 2.75) is 24.2 Å². The maximum atomic E-state index is 12.8. The summed E-state index contributed by atoms with van der Waals surface area (Å²) in [5, 5.41) is 0. The van der Waals surface area contributed by atoms with E-state index in [4.69, 9.17) is 10.5 Å². The van der Waals surface area contributed by atoms with Crippen molar-refractivity contribution < 1.29 is 17.9 Å². The fourth-order valence-electron chi connectivity index (χ4n) is 3.40. The third kappa shape index (κ3) is 4.48. The molecule has 1 saturated heterocycles. The highest BCUT2D eigenvalue weighted by atomic mass is 32.2.